The largest absolute Gasteiger partial charge is 0.751 e. The van der Waals surface area contributed by atoms with E-state index in [1.54, 1.807) is 54.7 Å². The molecule has 2 aromatic heterocycles. The van der Waals surface area contributed by atoms with Crippen molar-refractivity contribution < 1.29 is 28.3 Å². The number of benzene rings is 2. The molecule has 0 aliphatic carbocycles. The molecule has 0 spiro atoms. The van der Waals surface area contributed by atoms with Gasteiger partial charge in [-0.2, -0.15) is 9.97 Å². The number of aromatic nitrogens is 4. The summed E-state index contributed by atoms with van der Waals surface area (Å²) in [6.07, 6.45) is 1.30. The van der Waals surface area contributed by atoms with Crippen LogP contribution in [0.1, 0.15) is 28.5 Å². The van der Waals surface area contributed by atoms with Gasteiger partial charge in [0.05, 0.1) is 11.9 Å². The highest BCUT2D eigenvalue weighted by Gasteiger charge is 2.31. The monoisotopic (exact) mass is 579 g/mol. The molecule has 2 unspecified atom stereocenters. The lowest BCUT2D eigenvalue weighted by molar-refractivity contribution is -0.144. The second-order valence-corrected chi connectivity index (χ2v) is 9.61. The first-order valence-electron chi connectivity index (χ1n) is 12.5. The summed E-state index contributed by atoms with van der Waals surface area (Å²) >= 11 is 0. The van der Waals surface area contributed by atoms with Gasteiger partial charge in [0.25, 0.3) is 5.91 Å². The number of carbonyl (C=O) groups excluding carboxylic acids is 1. The third-order valence-corrected chi connectivity index (χ3v) is 6.61. The summed E-state index contributed by atoms with van der Waals surface area (Å²) in [4.78, 5) is 40.1. The minimum Gasteiger partial charge on any atom is -0.479 e. The Balaban J connectivity index is 1.24. The molecule has 14 nitrogen and oxygen atoms in total. The molecule has 0 fully saturated rings. The predicted octanol–water partition coefficient (Wildman–Crippen LogP) is 2.74. The van der Waals surface area contributed by atoms with Crippen molar-refractivity contribution in [1.82, 2.24) is 25.3 Å². The number of nitrogens with two attached hydrogens (primary N) is 2. The van der Waals surface area contributed by atoms with Gasteiger partial charge in [-0.05, 0) is 43.7 Å². The van der Waals surface area contributed by atoms with E-state index >= 15 is 0 Å². The summed E-state index contributed by atoms with van der Waals surface area (Å²) in [5.41, 5.74) is 14.9. The molecule has 2 aromatic carbocycles. The normalized spacial score (nSPS) is 12.0. The number of carbonyl (C=O) groups is 2. The summed E-state index contributed by atoms with van der Waals surface area (Å²) in [6.45, 7) is 2.11. The summed E-state index contributed by atoms with van der Waals surface area (Å²) in [5.74, 6) is -1.00. The molecule has 1 amide bonds. The fourth-order valence-corrected chi connectivity index (χ4v) is 4.40. The van der Waals surface area contributed by atoms with E-state index in [2.05, 4.69) is 30.6 Å². The van der Waals surface area contributed by atoms with E-state index in [1.807, 2.05) is 0 Å². The fourth-order valence-electron chi connectivity index (χ4n) is 3.67. The number of hydrogen-bond acceptors (Lipinski definition) is 12. The van der Waals surface area contributed by atoms with Gasteiger partial charge < -0.3 is 27.2 Å². The maximum atomic E-state index is 12.6. The average molecular weight is 580 g/mol. The highest BCUT2D eigenvalue weighted by Crippen LogP contribution is 2.32. The van der Waals surface area contributed by atoms with Crippen LogP contribution in [0.4, 0.5) is 17.5 Å². The van der Waals surface area contributed by atoms with E-state index in [-0.39, 0.29) is 30.0 Å². The molecule has 212 valence electrons. The van der Waals surface area contributed by atoms with Crippen molar-refractivity contribution in [3.8, 4) is 5.75 Å². The summed E-state index contributed by atoms with van der Waals surface area (Å²) in [6, 6.07) is 13.8. The first kappa shape index (κ1) is 29.1. The number of carboxylic acids is 1. The zero-order valence-corrected chi connectivity index (χ0v) is 22.9. The zero-order valence-electron chi connectivity index (χ0n) is 22.0. The summed E-state index contributed by atoms with van der Waals surface area (Å²) in [5, 5.41) is 15.0. The minimum atomic E-state index is -2.68. The van der Waals surface area contributed by atoms with Crippen molar-refractivity contribution in [3.05, 3.63) is 71.5 Å². The molecule has 2 heterocycles. The molecule has 0 saturated carbocycles. The number of nitrogens with zero attached hydrogens (tertiary/aromatic N) is 4. The van der Waals surface area contributed by atoms with Gasteiger partial charge in [-0.3, -0.25) is 4.79 Å². The Morgan fingerprint density at radius 3 is 2.54 bits per heavy atom. The highest BCUT2D eigenvalue weighted by atomic mass is 31.1. The molecule has 41 heavy (non-hydrogen) atoms. The lowest BCUT2D eigenvalue weighted by Crippen LogP contribution is -2.25. The van der Waals surface area contributed by atoms with Crippen molar-refractivity contribution in [2.75, 3.05) is 29.9 Å². The molecule has 4 rings (SSSR count). The van der Waals surface area contributed by atoms with Crippen LogP contribution in [0.3, 0.4) is 0 Å². The Hall–Kier alpha value is -4.94. The number of hydrogen-bond donors (Lipinski definition) is 5. The van der Waals surface area contributed by atoms with Crippen molar-refractivity contribution in [1.29, 1.82) is 0 Å². The molecule has 2 atom stereocenters. The third-order valence-electron chi connectivity index (χ3n) is 5.78. The lowest BCUT2D eigenvalue weighted by atomic mass is 10.1. The zero-order chi connectivity index (χ0) is 29.4. The lowest BCUT2D eigenvalue weighted by Gasteiger charge is -2.09. The van der Waals surface area contributed by atoms with Gasteiger partial charge in [0.2, 0.25) is 12.1 Å². The van der Waals surface area contributed by atoms with Gasteiger partial charge in [0, 0.05) is 40.9 Å². The van der Waals surface area contributed by atoms with E-state index in [0.29, 0.717) is 47.4 Å². The average Bonchev–Trinajstić information content (AvgIpc) is 2.94. The Morgan fingerprint density at radius 2 is 1.78 bits per heavy atom. The number of amides is 1. The van der Waals surface area contributed by atoms with Crippen LogP contribution in [0.25, 0.3) is 11.2 Å². The number of aliphatic carboxylic acids is 1. The topological polar surface area (TPSA) is 218 Å². The number of nitrogen functional groups attached to an aromatic ring is 2. The van der Waals surface area contributed by atoms with Gasteiger partial charge in [0.1, 0.15) is 0 Å². The SMILES string of the molecule is CC(O[P+](=O)Oc1ccccc1CCNC(=O)c1ccc(NCCc2cnc3nc(N)nc(N)c3n2)cc1)C(=O)O. The van der Waals surface area contributed by atoms with Gasteiger partial charge in [0.15, 0.2) is 22.7 Å². The highest BCUT2D eigenvalue weighted by molar-refractivity contribution is 7.33. The van der Waals surface area contributed by atoms with Crippen LogP contribution in [0.5, 0.6) is 5.75 Å². The van der Waals surface area contributed by atoms with E-state index in [9.17, 15) is 14.2 Å². The van der Waals surface area contributed by atoms with Gasteiger partial charge in [-0.15, -0.1) is 0 Å². The summed E-state index contributed by atoms with van der Waals surface area (Å²) < 4.78 is 22.2. The maximum absolute atomic E-state index is 12.6. The van der Waals surface area contributed by atoms with Crippen LogP contribution in [0.2, 0.25) is 0 Å². The number of para-hydroxylation sites is 1. The van der Waals surface area contributed by atoms with Crippen LogP contribution < -0.4 is 26.6 Å². The summed E-state index contributed by atoms with van der Waals surface area (Å²) in [7, 11) is -2.68. The first-order chi connectivity index (χ1) is 19.7. The standard InChI is InChI=1S/C26H27N8O6P/c1-15(25(36)37)39-41(38)40-20-5-3-2-4-16(20)10-12-30-24(35)17-6-8-18(9-7-17)29-13-11-19-14-31-23-21(32-19)22(27)33-26(28)34-23/h2-9,14-15H,10-13H2,1H3,(H6-,27,28,29,30,31,33,34,35,36,37)/p+1. The van der Waals surface area contributed by atoms with E-state index in [0.717, 1.165) is 5.69 Å². The number of anilines is 3. The Kier molecular flexibility index (Phi) is 9.51. The molecule has 0 saturated heterocycles. The number of nitrogens with one attached hydrogen (secondary N) is 2. The molecule has 0 radical (unpaired) electrons. The van der Waals surface area contributed by atoms with Crippen LogP contribution in [-0.2, 0) is 26.7 Å². The van der Waals surface area contributed by atoms with Crippen molar-refractivity contribution in [2.24, 2.45) is 0 Å². The molecule has 15 heteroatoms. The van der Waals surface area contributed by atoms with Gasteiger partial charge >= 0.3 is 14.2 Å². The molecule has 0 aliphatic heterocycles. The molecule has 7 N–H and O–H groups in total. The third kappa shape index (κ3) is 8.03. The second-order valence-electron chi connectivity index (χ2n) is 8.77. The number of fused-ring (bicyclic) bond motifs is 1. The second kappa shape index (κ2) is 13.4. The van der Waals surface area contributed by atoms with Crippen LogP contribution in [0.15, 0.2) is 54.7 Å². The molecular weight excluding hydrogens is 551 g/mol. The number of carboxylic acid groups (broad SMARTS) is 1. The van der Waals surface area contributed by atoms with E-state index in [1.165, 1.54) is 6.92 Å². The van der Waals surface area contributed by atoms with Crippen LogP contribution >= 0.6 is 8.25 Å². The first-order valence-corrected chi connectivity index (χ1v) is 13.6. The molecule has 4 aromatic rings. The smallest absolute Gasteiger partial charge is 0.479 e. The molecule has 0 bridgehead atoms. The van der Waals surface area contributed by atoms with Crippen molar-refractivity contribution in [3.63, 3.8) is 0 Å². The predicted molar refractivity (Wildman–Crippen MR) is 151 cm³/mol. The van der Waals surface area contributed by atoms with Crippen LogP contribution in [-0.4, -0.2) is 56.1 Å². The molecular formula is C26H28N8O6P+. The molecule has 0 aliphatic rings. The van der Waals surface area contributed by atoms with Gasteiger partial charge in [-0.1, -0.05) is 22.7 Å². The van der Waals surface area contributed by atoms with E-state index in [4.69, 9.17) is 25.6 Å². The van der Waals surface area contributed by atoms with Gasteiger partial charge in [-0.25, -0.2) is 19.3 Å². The maximum Gasteiger partial charge on any atom is 0.751 e. The van der Waals surface area contributed by atoms with Crippen molar-refractivity contribution >= 4 is 48.7 Å². The quantitative estimate of drug-likeness (QED) is 0.144. The van der Waals surface area contributed by atoms with E-state index < -0.39 is 20.3 Å². The van der Waals surface area contributed by atoms with Crippen molar-refractivity contribution in [2.45, 2.75) is 25.9 Å². The van der Waals surface area contributed by atoms with Crippen LogP contribution in [0, 0.1) is 0 Å². The Bertz CT molecular complexity index is 1570. The number of rotatable bonds is 13. The fraction of sp³-hybridized carbons (Fsp3) is 0.231. The Labute approximate surface area is 235 Å². The minimum absolute atomic E-state index is 0.0434. The Morgan fingerprint density at radius 1 is 1.02 bits per heavy atom.